The molecule has 0 atom stereocenters. The SMILES string of the molecule is CC(C)(C)c1cc(C(=O)N2CCC3(CC2)NC(=O)c2ccccc2O3)n[nH]1. The standard InChI is InChI=1S/C20H24N4O3/c1-19(2,3)16-12-14(22-23-16)18(26)24-10-8-20(9-11-24)21-17(25)13-6-4-5-7-15(13)27-20/h4-7,12H,8-11H2,1-3H3,(H,21,25)(H,22,23). The van der Waals surface area contributed by atoms with Crippen LogP contribution < -0.4 is 10.1 Å². The first-order valence-corrected chi connectivity index (χ1v) is 9.23. The minimum Gasteiger partial charge on any atom is -0.467 e. The quantitative estimate of drug-likeness (QED) is 0.809. The molecule has 0 radical (unpaired) electrons. The predicted octanol–water partition coefficient (Wildman–Crippen LogP) is 2.46. The van der Waals surface area contributed by atoms with E-state index >= 15 is 0 Å². The number of aromatic nitrogens is 2. The molecule has 1 aromatic carbocycles. The van der Waals surface area contributed by atoms with Crippen LogP contribution in [0, 0.1) is 0 Å². The smallest absolute Gasteiger partial charge is 0.274 e. The monoisotopic (exact) mass is 368 g/mol. The molecule has 0 saturated carbocycles. The van der Waals surface area contributed by atoms with Crippen molar-refractivity contribution in [3.8, 4) is 5.75 Å². The molecule has 1 spiro atoms. The summed E-state index contributed by atoms with van der Waals surface area (Å²) in [5, 5.41) is 10.1. The molecule has 1 fully saturated rings. The number of H-pyrrole nitrogens is 1. The fourth-order valence-corrected chi connectivity index (χ4v) is 3.53. The Balaban J connectivity index is 1.46. The van der Waals surface area contributed by atoms with Gasteiger partial charge in [-0.15, -0.1) is 0 Å². The number of piperidine rings is 1. The second-order valence-corrected chi connectivity index (χ2v) is 8.26. The number of nitrogens with zero attached hydrogens (tertiary/aromatic N) is 2. The number of aromatic amines is 1. The lowest BCUT2D eigenvalue weighted by molar-refractivity contribution is -0.0246. The summed E-state index contributed by atoms with van der Waals surface area (Å²) in [7, 11) is 0. The van der Waals surface area contributed by atoms with Gasteiger partial charge in [0, 0.05) is 37.0 Å². The molecule has 2 aromatic rings. The number of carbonyl (C=O) groups excluding carboxylic acids is 2. The van der Waals surface area contributed by atoms with Gasteiger partial charge in [0.1, 0.15) is 11.4 Å². The zero-order valence-corrected chi connectivity index (χ0v) is 15.8. The summed E-state index contributed by atoms with van der Waals surface area (Å²) < 4.78 is 6.12. The molecule has 7 heteroatoms. The number of likely N-dealkylation sites (tertiary alicyclic amines) is 1. The molecular weight excluding hydrogens is 344 g/mol. The van der Waals surface area contributed by atoms with Gasteiger partial charge < -0.3 is 15.0 Å². The number of rotatable bonds is 1. The Labute approximate surface area is 158 Å². The molecule has 142 valence electrons. The van der Waals surface area contributed by atoms with E-state index in [1.165, 1.54) is 0 Å². The highest BCUT2D eigenvalue weighted by Gasteiger charge is 2.43. The Morgan fingerprint density at radius 2 is 1.93 bits per heavy atom. The molecule has 2 amide bonds. The van der Waals surface area contributed by atoms with Crippen LogP contribution in [0.5, 0.6) is 5.75 Å². The van der Waals surface area contributed by atoms with Crippen LogP contribution in [0.4, 0.5) is 0 Å². The lowest BCUT2D eigenvalue weighted by Gasteiger charge is -2.44. The van der Waals surface area contributed by atoms with Crippen LogP contribution in [-0.2, 0) is 5.41 Å². The third-order valence-electron chi connectivity index (χ3n) is 5.24. The maximum atomic E-state index is 12.8. The molecule has 1 saturated heterocycles. The third-order valence-corrected chi connectivity index (χ3v) is 5.24. The summed E-state index contributed by atoms with van der Waals surface area (Å²) in [5.41, 5.74) is 1.07. The maximum Gasteiger partial charge on any atom is 0.274 e. The van der Waals surface area contributed by atoms with Gasteiger partial charge in [-0.1, -0.05) is 32.9 Å². The van der Waals surface area contributed by atoms with E-state index in [1.54, 1.807) is 11.0 Å². The zero-order chi connectivity index (χ0) is 19.2. The first kappa shape index (κ1) is 17.6. The summed E-state index contributed by atoms with van der Waals surface area (Å²) in [6.45, 7) is 7.21. The topological polar surface area (TPSA) is 87.3 Å². The summed E-state index contributed by atoms with van der Waals surface area (Å²) >= 11 is 0. The second-order valence-electron chi connectivity index (χ2n) is 8.26. The molecule has 27 heavy (non-hydrogen) atoms. The minimum absolute atomic E-state index is 0.0922. The van der Waals surface area contributed by atoms with Crippen LogP contribution >= 0.6 is 0 Å². The number of carbonyl (C=O) groups is 2. The van der Waals surface area contributed by atoms with Gasteiger partial charge in [-0.3, -0.25) is 14.7 Å². The highest BCUT2D eigenvalue weighted by atomic mass is 16.5. The number of nitrogens with one attached hydrogen (secondary N) is 2. The number of fused-ring (bicyclic) bond motifs is 1. The molecule has 1 aromatic heterocycles. The van der Waals surface area contributed by atoms with Crippen LogP contribution in [0.2, 0.25) is 0 Å². The molecule has 2 N–H and O–H groups in total. The van der Waals surface area contributed by atoms with Crippen LogP contribution in [0.3, 0.4) is 0 Å². The van der Waals surface area contributed by atoms with Crippen molar-refractivity contribution in [1.82, 2.24) is 20.4 Å². The minimum atomic E-state index is -0.746. The lowest BCUT2D eigenvalue weighted by Crippen LogP contribution is -2.61. The van der Waals surface area contributed by atoms with E-state index in [1.807, 2.05) is 24.3 Å². The van der Waals surface area contributed by atoms with Crippen molar-refractivity contribution in [2.45, 2.75) is 44.8 Å². The number of amides is 2. The summed E-state index contributed by atoms with van der Waals surface area (Å²) in [6, 6.07) is 9.05. The van der Waals surface area contributed by atoms with Crippen molar-refractivity contribution in [2.24, 2.45) is 0 Å². The Kier molecular flexibility index (Phi) is 3.98. The molecule has 2 aliphatic rings. The summed E-state index contributed by atoms with van der Waals surface area (Å²) in [4.78, 5) is 27.0. The van der Waals surface area contributed by atoms with Gasteiger partial charge in [-0.25, -0.2) is 0 Å². The molecular formula is C20H24N4O3. The average molecular weight is 368 g/mol. The van der Waals surface area contributed by atoms with Crippen molar-refractivity contribution in [3.63, 3.8) is 0 Å². The molecule has 3 heterocycles. The van der Waals surface area contributed by atoms with Crippen molar-refractivity contribution < 1.29 is 14.3 Å². The van der Waals surface area contributed by atoms with E-state index in [0.29, 0.717) is 42.9 Å². The van der Waals surface area contributed by atoms with Crippen LogP contribution in [0.1, 0.15) is 60.2 Å². The number of para-hydroxylation sites is 1. The van der Waals surface area contributed by atoms with Gasteiger partial charge in [0.25, 0.3) is 11.8 Å². The van der Waals surface area contributed by atoms with E-state index in [-0.39, 0.29) is 17.2 Å². The predicted molar refractivity (Wildman–Crippen MR) is 99.7 cm³/mol. The van der Waals surface area contributed by atoms with E-state index in [4.69, 9.17) is 4.74 Å². The van der Waals surface area contributed by atoms with Gasteiger partial charge in [-0.2, -0.15) is 5.10 Å². The van der Waals surface area contributed by atoms with Crippen molar-refractivity contribution in [2.75, 3.05) is 13.1 Å². The Morgan fingerprint density at radius 3 is 2.59 bits per heavy atom. The van der Waals surface area contributed by atoms with E-state index < -0.39 is 5.72 Å². The number of benzene rings is 1. The molecule has 7 nitrogen and oxygen atoms in total. The van der Waals surface area contributed by atoms with Gasteiger partial charge >= 0.3 is 0 Å². The number of hydrogen-bond donors (Lipinski definition) is 2. The molecule has 2 aliphatic heterocycles. The van der Waals surface area contributed by atoms with Crippen molar-refractivity contribution in [3.05, 3.63) is 47.3 Å². The van der Waals surface area contributed by atoms with E-state index in [2.05, 4.69) is 36.3 Å². The first-order valence-electron chi connectivity index (χ1n) is 9.23. The largest absolute Gasteiger partial charge is 0.467 e. The van der Waals surface area contributed by atoms with Crippen molar-refractivity contribution in [1.29, 1.82) is 0 Å². The Morgan fingerprint density at radius 1 is 1.22 bits per heavy atom. The van der Waals surface area contributed by atoms with Gasteiger partial charge in [0.05, 0.1) is 5.56 Å². The lowest BCUT2D eigenvalue weighted by atomic mass is 9.92. The normalized spacial score (nSPS) is 18.6. The third kappa shape index (κ3) is 3.18. The number of ether oxygens (including phenoxy) is 1. The average Bonchev–Trinajstić information content (AvgIpc) is 3.12. The van der Waals surface area contributed by atoms with Gasteiger partial charge in [-0.05, 0) is 18.2 Å². The number of hydrogen-bond acceptors (Lipinski definition) is 4. The Bertz CT molecular complexity index is 889. The highest BCUT2D eigenvalue weighted by Crippen LogP contribution is 2.33. The van der Waals surface area contributed by atoms with Gasteiger partial charge in [0.15, 0.2) is 5.72 Å². The van der Waals surface area contributed by atoms with Crippen LogP contribution in [0.15, 0.2) is 30.3 Å². The molecule has 4 rings (SSSR count). The van der Waals surface area contributed by atoms with E-state index in [0.717, 1.165) is 5.69 Å². The van der Waals surface area contributed by atoms with E-state index in [9.17, 15) is 9.59 Å². The molecule has 0 unspecified atom stereocenters. The van der Waals surface area contributed by atoms with Gasteiger partial charge in [0.2, 0.25) is 0 Å². The molecule has 0 aliphatic carbocycles. The molecule has 0 bridgehead atoms. The zero-order valence-electron chi connectivity index (χ0n) is 15.8. The first-order chi connectivity index (χ1) is 12.8. The summed E-state index contributed by atoms with van der Waals surface area (Å²) in [6.07, 6.45) is 1.07. The fourth-order valence-electron chi connectivity index (χ4n) is 3.53. The maximum absolute atomic E-state index is 12.8. The van der Waals surface area contributed by atoms with Crippen LogP contribution in [0.25, 0.3) is 0 Å². The fraction of sp³-hybridized carbons (Fsp3) is 0.450. The Hall–Kier alpha value is -2.83. The summed E-state index contributed by atoms with van der Waals surface area (Å²) in [5.74, 6) is 0.376. The second kappa shape index (κ2) is 6.11. The highest BCUT2D eigenvalue weighted by molar-refractivity contribution is 5.98. The van der Waals surface area contributed by atoms with Crippen molar-refractivity contribution >= 4 is 11.8 Å². The van der Waals surface area contributed by atoms with Crippen LogP contribution in [-0.4, -0.2) is 45.7 Å².